The summed E-state index contributed by atoms with van der Waals surface area (Å²) >= 11 is 0. The van der Waals surface area contributed by atoms with E-state index in [0.29, 0.717) is 5.69 Å². The molecule has 0 bridgehead atoms. The van der Waals surface area contributed by atoms with Gasteiger partial charge in [-0.25, -0.2) is 0 Å². The number of piperidine rings is 1. The van der Waals surface area contributed by atoms with Crippen LogP contribution in [-0.4, -0.2) is 19.2 Å². The monoisotopic (exact) mass is 232 g/mol. The smallest absolute Gasteiger partial charge is 0.175 e. The minimum Gasteiger partial charge on any atom is -0.486 e. The van der Waals surface area contributed by atoms with Crippen LogP contribution in [0.3, 0.4) is 0 Å². The minimum absolute atomic E-state index is 0.256. The van der Waals surface area contributed by atoms with E-state index in [1.807, 2.05) is 18.2 Å². The van der Waals surface area contributed by atoms with E-state index in [0.717, 1.165) is 42.6 Å². The third-order valence-electron chi connectivity index (χ3n) is 3.12. The van der Waals surface area contributed by atoms with Gasteiger partial charge in [-0.1, -0.05) is 0 Å². The van der Waals surface area contributed by atoms with E-state index in [-0.39, 0.29) is 6.10 Å². The number of furan rings is 1. The lowest BCUT2D eigenvalue weighted by atomic mass is 10.1. The van der Waals surface area contributed by atoms with E-state index in [1.165, 1.54) is 0 Å². The molecule has 1 aromatic heterocycles. The van der Waals surface area contributed by atoms with Gasteiger partial charge in [-0.05, 0) is 38.1 Å². The molecule has 0 saturated carbocycles. The Labute approximate surface area is 99.7 Å². The third kappa shape index (κ3) is 2.08. The molecule has 1 saturated heterocycles. The number of anilines is 1. The van der Waals surface area contributed by atoms with Crippen LogP contribution in [0.15, 0.2) is 28.9 Å². The highest BCUT2D eigenvalue weighted by Crippen LogP contribution is 2.31. The maximum atomic E-state index is 5.99. The highest BCUT2D eigenvalue weighted by atomic mass is 16.5. The number of nitrogens with two attached hydrogens (primary N) is 1. The topological polar surface area (TPSA) is 60.4 Å². The average molecular weight is 232 g/mol. The molecule has 0 aliphatic carbocycles. The molecule has 0 atom stereocenters. The zero-order chi connectivity index (χ0) is 11.7. The molecule has 1 aliphatic rings. The summed E-state index contributed by atoms with van der Waals surface area (Å²) in [6.45, 7) is 2.02. The van der Waals surface area contributed by atoms with Crippen molar-refractivity contribution in [3.63, 3.8) is 0 Å². The van der Waals surface area contributed by atoms with E-state index in [9.17, 15) is 0 Å². The Hall–Kier alpha value is -1.68. The van der Waals surface area contributed by atoms with Crippen LogP contribution in [0.2, 0.25) is 0 Å². The first-order chi connectivity index (χ1) is 8.33. The van der Waals surface area contributed by atoms with Crippen molar-refractivity contribution in [3.8, 4) is 5.75 Å². The van der Waals surface area contributed by atoms with Crippen molar-refractivity contribution in [2.24, 2.45) is 0 Å². The van der Waals surface area contributed by atoms with E-state index in [1.54, 1.807) is 6.26 Å². The van der Waals surface area contributed by atoms with Gasteiger partial charge in [0.25, 0.3) is 0 Å². The van der Waals surface area contributed by atoms with Crippen LogP contribution < -0.4 is 15.8 Å². The SMILES string of the molecule is Nc1cc(OC2CCNCC2)c2occc2c1. The lowest BCUT2D eigenvalue weighted by Gasteiger charge is -2.23. The number of nitrogens with one attached hydrogen (secondary N) is 1. The number of benzene rings is 1. The standard InChI is InChI=1S/C13H16N2O2/c14-10-7-9-3-6-16-13(9)12(8-10)17-11-1-4-15-5-2-11/h3,6-8,11,15H,1-2,4-5,14H2. The predicted octanol–water partition coefficient (Wildman–Crippen LogP) is 2.15. The number of ether oxygens (including phenoxy) is 1. The van der Waals surface area contributed by atoms with Gasteiger partial charge < -0.3 is 20.2 Å². The summed E-state index contributed by atoms with van der Waals surface area (Å²) in [6.07, 6.45) is 3.97. The van der Waals surface area contributed by atoms with Gasteiger partial charge in [-0.3, -0.25) is 0 Å². The highest BCUT2D eigenvalue weighted by molar-refractivity contribution is 5.86. The second kappa shape index (κ2) is 4.30. The summed E-state index contributed by atoms with van der Waals surface area (Å²) in [5, 5.41) is 4.31. The van der Waals surface area contributed by atoms with Gasteiger partial charge in [0.15, 0.2) is 11.3 Å². The van der Waals surface area contributed by atoms with Crippen LogP contribution in [0, 0.1) is 0 Å². The molecule has 0 amide bonds. The first-order valence-corrected chi connectivity index (χ1v) is 5.97. The van der Waals surface area contributed by atoms with E-state index in [4.69, 9.17) is 14.9 Å². The molecule has 1 aromatic carbocycles. The first-order valence-electron chi connectivity index (χ1n) is 5.97. The van der Waals surface area contributed by atoms with Gasteiger partial charge >= 0.3 is 0 Å². The van der Waals surface area contributed by atoms with Crippen molar-refractivity contribution in [2.75, 3.05) is 18.8 Å². The number of hydrogen-bond acceptors (Lipinski definition) is 4. The van der Waals surface area contributed by atoms with Crippen molar-refractivity contribution < 1.29 is 9.15 Å². The fourth-order valence-corrected chi connectivity index (χ4v) is 2.25. The molecule has 0 radical (unpaired) electrons. The molecule has 2 heterocycles. The Kier molecular flexibility index (Phi) is 2.65. The molecule has 0 spiro atoms. The summed E-state index contributed by atoms with van der Waals surface area (Å²) in [4.78, 5) is 0. The zero-order valence-electron chi connectivity index (χ0n) is 9.61. The number of fused-ring (bicyclic) bond motifs is 1. The molecule has 17 heavy (non-hydrogen) atoms. The Bertz CT molecular complexity index is 515. The van der Waals surface area contributed by atoms with Crippen LogP contribution in [-0.2, 0) is 0 Å². The van der Waals surface area contributed by atoms with Crippen LogP contribution >= 0.6 is 0 Å². The molecule has 90 valence electrons. The van der Waals surface area contributed by atoms with Gasteiger partial charge in [0, 0.05) is 17.1 Å². The summed E-state index contributed by atoms with van der Waals surface area (Å²) in [5.74, 6) is 0.761. The summed E-state index contributed by atoms with van der Waals surface area (Å²) in [7, 11) is 0. The fraction of sp³-hybridized carbons (Fsp3) is 0.385. The molecule has 4 heteroatoms. The van der Waals surface area contributed by atoms with E-state index < -0.39 is 0 Å². The maximum Gasteiger partial charge on any atom is 0.175 e. The van der Waals surface area contributed by atoms with Gasteiger partial charge in [0.2, 0.25) is 0 Å². The Morgan fingerprint density at radius 1 is 1.29 bits per heavy atom. The van der Waals surface area contributed by atoms with Gasteiger partial charge in [-0.2, -0.15) is 0 Å². The normalized spacial score (nSPS) is 17.4. The number of nitrogen functional groups attached to an aromatic ring is 1. The lowest BCUT2D eigenvalue weighted by Crippen LogP contribution is -2.34. The quantitative estimate of drug-likeness (QED) is 0.779. The molecule has 3 rings (SSSR count). The number of hydrogen-bond donors (Lipinski definition) is 2. The zero-order valence-corrected chi connectivity index (χ0v) is 9.61. The Morgan fingerprint density at radius 2 is 2.12 bits per heavy atom. The lowest BCUT2D eigenvalue weighted by molar-refractivity contribution is 0.163. The van der Waals surface area contributed by atoms with Crippen molar-refractivity contribution >= 4 is 16.7 Å². The van der Waals surface area contributed by atoms with Crippen LogP contribution in [0.25, 0.3) is 11.0 Å². The first kappa shape index (κ1) is 10.5. The van der Waals surface area contributed by atoms with Crippen LogP contribution in [0.4, 0.5) is 5.69 Å². The second-order valence-corrected chi connectivity index (χ2v) is 4.43. The second-order valence-electron chi connectivity index (χ2n) is 4.43. The average Bonchev–Trinajstić information content (AvgIpc) is 2.78. The molecule has 2 aromatic rings. The largest absolute Gasteiger partial charge is 0.486 e. The van der Waals surface area contributed by atoms with E-state index in [2.05, 4.69) is 5.32 Å². The van der Waals surface area contributed by atoms with Crippen LogP contribution in [0.1, 0.15) is 12.8 Å². The fourth-order valence-electron chi connectivity index (χ4n) is 2.25. The molecular formula is C13H16N2O2. The molecule has 3 N–H and O–H groups in total. The number of rotatable bonds is 2. The van der Waals surface area contributed by atoms with Gasteiger partial charge in [-0.15, -0.1) is 0 Å². The third-order valence-corrected chi connectivity index (χ3v) is 3.12. The molecule has 1 fully saturated rings. The maximum absolute atomic E-state index is 5.99. The van der Waals surface area contributed by atoms with E-state index >= 15 is 0 Å². The predicted molar refractivity (Wildman–Crippen MR) is 67.1 cm³/mol. The Balaban J connectivity index is 1.90. The van der Waals surface area contributed by atoms with Crippen molar-refractivity contribution in [1.82, 2.24) is 5.32 Å². The van der Waals surface area contributed by atoms with Crippen molar-refractivity contribution in [3.05, 3.63) is 24.5 Å². The van der Waals surface area contributed by atoms with Crippen molar-refractivity contribution in [2.45, 2.75) is 18.9 Å². The molecular weight excluding hydrogens is 216 g/mol. The molecule has 4 nitrogen and oxygen atoms in total. The molecule has 0 unspecified atom stereocenters. The van der Waals surface area contributed by atoms with Gasteiger partial charge in [0.05, 0.1) is 6.26 Å². The Morgan fingerprint density at radius 3 is 2.94 bits per heavy atom. The van der Waals surface area contributed by atoms with Crippen LogP contribution in [0.5, 0.6) is 5.75 Å². The van der Waals surface area contributed by atoms with Crippen molar-refractivity contribution in [1.29, 1.82) is 0 Å². The summed E-state index contributed by atoms with van der Waals surface area (Å²) < 4.78 is 11.4. The molecule has 1 aliphatic heterocycles. The summed E-state index contributed by atoms with van der Waals surface area (Å²) in [6, 6.07) is 5.64. The summed E-state index contributed by atoms with van der Waals surface area (Å²) in [5.41, 5.74) is 7.36. The highest BCUT2D eigenvalue weighted by Gasteiger charge is 2.17. The minimum atomic E-state index is 0.256. The van der Waals surface area contributed by atoms with Gasteiger partial charge in [0.1, 0.15) is 6.10 Å².